The number of unbranched alkanes of at least 4 members (excludes halogenated alkanes) is 1. The Morgan fingerprint density at radius 1 is 1.44 bits per heavy atom. The number of aryl methyl sites for hydroxylation is 1. The van der Waals surface area contributed by atoms with Gasteiger partial charge in [-0.25, -0.2) is 8.42 Å². The maximum Gasteiger partial charge on any atom is 0.178 e. The number of rotatable bonds is 5. The van der Waals surface area contributed by atoms with Crippen molar-refractivity contribution in [2.24, 2.45) is 0 Å². The Balaban J connectivity index is 2.28. The number of hydrogen-bond donors (Lipinski definition) is 2. The monoisotopic (exact) mass is 241 g/mol. The van der Waals surface area contributed by atoms with Crippen molar-refractivity contribution in [3.8, 4) is 0 Å². The van der Waals surface area contributed by atoms with Crippen LogP contribution in [0.25, 0.3) is 0 Å². The lowest BCUT2D eigenvalue weighted by atomic mass is 10.1. The topological polar surface area (TPSA) is 68.6 Å². The van der Waals surface area contributed by atoms with Gasteiger partial charge < -0.3 is 0 Å². The first-order valence-electron chi connectivity index (χ1n) is 5.40. The minimum Gasteiger partial charge on any atom is -0.273 e. The second kappa shape index (κ2) is 4.95. The second-order valence-electron chi connectivity index (χ2n) is 3.87. The Bertz CT molecular complexity index is 445. The molecular formula is C11H15NO3S. The molecule has 1 aromatic carbocycles. The van der Waals surface area contributed by atoms with Gasteiger partial charge >= 0.3 is 0 Å². The van der Waals surface area contributed by atoms with Crippen LogP contribution in [-0.2, 0) is 22.0 Å². The van der Waals surface area contributed by atoms with Crippen LogP contribution in [0.1, 0.15) is 37.1 Å². The van der Waals surface area contributed by atoms with E-state index in [0.717, 1.165) is 24.8 Å². The lowest BCUT2D eigenvalue weighted by Gasteiger charge is -2.04. The molecule has 1 saturated heterocycles. The lowest BCUT2D eigenvalue weighted by Crippen LogP contribution is -1.95. The van der Waals surface area contributed by atoms with Crippen LogP contribution in [0.3, 0.4) is 0 Å². The Labute approximate surface area is 96.5 Å². The molecule has 0 bridgehead atoms. The Morgan fingerprint density at radius 3 is 2.75 bits per heavy atom. The van der Waals surface area contributed by atoms with E-state index in [0.29, 0.717) is 10.5 Å². The summed E-state index contributed by atoms with van der Waals surface area (Å²) >= 11 is 0. The van der Waals surface area contributed by atoms with Gasteiger partial charge in [0.15, 0.2) is 16.9 Å². The second-order valence-corrected chi connectivity index (χ2v) is 4.87. The van der Waals surface area contributed by atoms with Crippen LogP contribution >= 0.6 is 0 Å². The molecule has 0 aromatic heterocycles. The molecular weight excluding hydrogens is 226 g/mol. The van der Waals surface area contributed by atoms with Gasteiger partial charge in [-0.05, 0) is 24.5 Å². The number of hydrogen-bond acceptors (Lipinski definition) is 4. The Kier molecular flexibility index (Phi) is 3.58. The van der Waals surface area contributed by atoms with Gasteiger partial charge in [-0.1, -0.05) is 25.5 Å². The quantitative estimate of drug-likeness (QED) is 0.606. The van der Waals surface area contributed by atoms with Gasteiger partial charge in [0.25, 0.3) is 0 Å². The van der Waals surface area contributed by atoms with Crippen molar-refractivity contribution in [1.82, 2.24) is 5.48 Å². The highest BCUT2D eigenvalue weighted by atomic mass is 32.2. The fourth-order valence-corrected chi connectivity index (χ4v) is 2.34. The number of benzene rings is 1. The van der Waals surface area contributed by atoms with Crippen molar-refractivity contribution >= 4 is 10.7 Å². The number of nitrogens with one attached hydrogen (secondary N) is 1. The van der Waals surface area contributed by atoms with Gasteiger partial charge in [0.1, 0.15) is 0 Å². The highest BCUT2D eigenvalue weighted by molar-refractivity contribution is 7.72. The molecule has 1 fully saturated rings. The van der Waals surface area contributed by atoms with Gasteiger partial charge in [0.2, 0.25) is 0 Å². The smallest absolute Gasteiger partial charge is 0.178 e. The zero-order chi connectivity index (χ0) is 11.5. The van der Waals surface area contributed by atoms with E-state index in [4.69, 9.17) is 4.84 Å². The van der Waals surface area contributed by atoms with Crippen molar-refractivity contribution in [1.29, 1.82) is 0 Å². The lowest BCUT2D eigenvalue weighted by molar-refractivity contribution is 0.373. The molecule has 1 heterocycles. The molecule has 0 saturated carbocycles. The fourth-order valence-electron chi connectivity index (χ4n) is 1.67. The molecule has 1 N–H and O–H groups in total. The molecule has 1 aromatic rings. The first-order valence-corrected chi connectivity index (χ1v) is 6.58. The highest BCUT2D eigenvalue weighted by Crippen LogP contribution is 2.28. The zero-order valence-electron chi connectivity index (χ0n) is 9.10. The first kappa shape index (κ1) is 11.6. The maximum absolute atomic E-state index is 11.1. The summed E-state index contributed by atoms with van der Waals surface area (Å²) in [6.45, 7) is 2.12. The molecule has 1 atom stereocenters. The normalized spacial score (nSPS) is 19.0. The summed E-state index contributed by atoms with van der Waals surface area (Å²) < 4.78 is 22.3. The van der Waals surface area contributed by atoms with Gasteiger partial charge in [-0.2, -0.15) is 5.48 Å². The molecule has 1 unspecified atom stereocenters. The molecule has 2 rings (SSSR count). The van der Waals surface area contributed by atoms with Crippen molar-refractivity contribution in [2.75, 3.05) is 0 Å². The predicted octanol–water partition coefficient (Wildman–Crippen LogP) is 1.53. The molecule has 88 valence electrons. The van der Waals surface area contributed by atoms with E-state index < -0.39 is 10.7 Å². The van der Waals surface area contributed by atoms with Gasteiger partial charge in [0.05, 0.1) is 4.90 Å². The van der Waals surface area contributed by atoms with E-state index in [9.17, 15) is 8.42 Å². The van der Waals surface area contributed by atoms with Crippen molar-refractivity contribution < 1.29 is 13.3 Å². The summed E-state index contributed by atoms with van der Waals surface area (Å²) in [6, 6.07) is 5.55. The third-order valence-electron chi connectivity index (χ3n) is 2.63. The zero-order valence-corrected chi connectivity index (χ0v) is 10.00. The van der Waals surface area contributed by atoms with E-state index in [1.54, 1.807) is 6.07 Å². The molecule has 1 aliphatic rings. The maximum atomic E-state index is 11.1. The molecule has 0 amide bonds. The van der Waals surface area contributed by atoms with E-state index in [2.05, 4.69) is 12.4 Å². The highest BCUT2D eigenvalue weighted by Gasteiger charge is 2.28. The summed E-state index contributed by atoms with van der Waals surface area (Å²) in [6.07, 6.45) is 2.86. The van der Waals surface area contributed by atoms with E-state index >= 15 is 0 Å². The van der Waals surface area contributed by atoms with Crippen LogP contribution in [-0.4, -0.2) is 8.42 Å². The third-order valence-corrected chi connectivity index (χ3v) is 3.41. The van der Waals surface area contributed by atoms with Crippen molar-refractivity contribution in [3.05, 3.63) is 29.3 Å². The van der Waals surface area contributed by atoms with Gasteiger partial charge in [-0.3, -0.25) is 4.84 Å². The molecule has 16 heavy (non-hydrogen) atoms. The summed E-state index contributed by atoms with van der Waals surface area (Å²) in [5.74, 6) is 0. The van der Waals surface area contributed by atoms with Crippen LogP contribution in [0.5, 0.6) is 0 Å². The third kappa shape index (κ3) is 2.61. The van der Waals surface area contributed by atoms with E-state index in [1.165, 1.54) is 0 Å². The largest absolute Gasteiger partial charge is 0.273 e. The van der Waals surface area contributed by atoms with Crippen molar-refractivity contribution in [3.63, 3.8) is 0 Å². The molecule has 0 aliphatic carbocycles. The summed E-state index contributed by atoms with van der Waals surface area (Å²) in [4.78, 5) is 5.26. The van der Waals surface area contributed by atoms with Gasteiger partial charge in [-0.15, -0.1) is 0 Å². The SMILES string of the molecule is CCCCc1ccc(C2NO2)c([SH](=O)=O)c1. The summed E-state index contributed by atoms with van der Waals surface area (Å²) in [5.41, 5.74) is 4.42. The first-order chi connectivity index (χ1) is 7.72. The summed E-state index contributed by atoms with van der Waals surface area (Å²) in [5, 5.41) is 0. The van der Waals surface area contributed by atoms with Crippen LogP contribution in [0, 0.1) is 0 Å². The van der Waals surface area contributed by atoms with Crippen molar-refractivity contribution in [2.45, 2.75) is 37.3 Å². The number of hydroxylamine groups is 1. The average molecular weight is 241 g/mol. The molecule has 0 radical (unpaired) electrons. The Morgan fingerprint density at radius 2 is 2.19 bits per heavy atom. The van der Waals surface area contributed by atoms with Gasteiger partial charge in [0, 0.05) is 5.56 Å². The predicted molar refractivity (Wildman–Crippen MR) is 60.6 cm³/mol. The van der Waals surface area contributed by atoms with E-state index in [1.807, 2.05) is 12.1 Å². The molecule has 1 aliphatic heterocycles. The minimum atomic E-state index is -2.56. The van der Waals surface area contributed by atoms with E-state index in [-0.39, 0.29) is 6.23 Å². The minimum absolute atomic E-state index is 0.247. The van der Waals surface area contributed by atoms with Crippen LogP contribution in [0.15, 0.2) is 23.1 Å². The average Bonchev–Trinajstić information content (AvgIpc) is 3.09. The fraction of sp³-hybridized carbons (Fsp3) is 0.455. The standard InChI is InChI=1S/C11H15NO3S/c1-2-3-4-8-5-6-9(11-12-15-11)10(7-8)16(13)14/h5-7,11-12,16H,2-4H2,1H3. The molecule has 4 nitrogen and oxygen atoms in total. The number of thiol groups is 1. The molecule has 5 heteroatoms. The van der Waals surface area contributed by atoms with Crippen LogP contribution < -0.4 is 5.48 Å². The van der Waals surface area contributed by atoms with Crippen LogP contribution in [0.4, 0.5) is 0 Å². The molecule has 0 spiro atoms. The Hall–Kier alpha value is -0.910. The summed E-state index contributed by atoms with van der Waals surface area (Å²) in [7, 11) is -2.56. The van der Waals surface area contributed by atoms with Crippen LogP contribution in [0.2, 0.25) is 0 Å².